The van der Waals surface area contributed by atoms with Crippen LogP contribution in [0.4, 0.5) is 0 Å². The Labute approximate surface area is 142 Å². The van der Waals surface area contributed by atoms with Gasteiger partial charge >= 0.3 is 0 Å². The number of hydrogen-bond acceptors (Lipinski definition) is 7. The molecule has 1 atom stereocenters. The highest BCUT2D eigenvalue weighted by Crippen LogP contribution is 2.33. The van der Waals surface area contributed by atoms with E-state index in [1.54, 1.807) is 6.07 Å². The lowest BCUT2D eigenvalue weighted by molar-refractivity contribution is 0.341. The first-order valence-electron chi connectivity index (χ1n) is 7.39. The predicted molar refractivity (Wildman–Crippen MR) is 89.6 cm³/mol. The third-order valence-electron chi connectivity index (χ3n) is 3.92. The molecule has 0 saturated carbocycles. The molecule has 0 unspecified atom stereocenters. The molecular weight excluding hydrogens is 356 g/mol. The van der Waals surface area contributed by atoms with E-state index in [-0.39, 0.29) is 41.7 Å². The van der Waals surface area contributed by atoms with Gasteiger partial charge in [-0.1, -0.05) is 0 Å². The summed E-state index contributed by atoms with van der Waals surface area (Å²) in [4.78, 5) is -0.0675. The van der Waals surface area contributed by atoms with Crippen molar-refractivity contribution in [2.24, 2.45) is 5.73 Å². The van der Waals surface area contributed by atoms with Crippen LogP contribution in [-0.4, -0.2) is 66.0 Å². The number of nitrogens with zero attached hydrogens (tertiary/aromatic N) is 1. The van der Waals surface area contributed by atoms with E-state index in [1.807, 2.05) is 0 Å². The van der Waals surface area contributed by atoms with Crippen LogP contribution in [0, 0.1) is 0 Å². The van der Waals surface area contributed by atoms with Crippen molar-refractivity contribution in [2.45, 2.75) is 17.4 Å². The van der Waals surface area contributed by atoms with Crippen molar-refractivity contribution >= 4 is 19.9 Å². The number of hydrogen-bond donors (Lipinski definition) is 1. The van der Waals surface area contributed by atoms with Gasteiger partial charge in [0, 0.05) is 25.2 Å². The van der Waals surface area contributed by atoms with Gasteiger partial charge in [-0.05, 0) is 18.6 Å². The van der Waals surface area contributed by atoms with Crippen molar-refractivity contribution in [3.05, 3.63) is 18.2 Å². The zero-order valence-corrected chi connectivity index (χ0v) is 15.3. The average molecular weight is 378 g/mol. The zero-order valence-electron chi connectivity index (χ0n) is 13.6. The molecule has 2 N–H and O–H groups in total. The standard InChI is InChI=1S/C14H22N2O6S2/c1-21-12-3-4-13(22-2)14(9-12)24(19,20)16(7-6-15)11-5-8-23(17,18)10-11/h3-4,9,11H,5-8,10,15H2,1-2H3/t11-/m1/s1. The minimum Gasteiger partial charge on any atom is -0.497 e. The van der Waals surface area contributed by atoms with E-state index in [9.17, 15) is 16.8 Å². The minimum absolute atomic E-state index is 0.0243. The summed E-state index contributed by atoms with van der Waals surface area (Å²) in [6.45, 7) is 0.116. The summed E-state index contributed by atoms with van der Waals surface area (Å²) in [7, 11) is -4.42. The highest BCUT2D eigenvalue weighted by atomic mass is 32.2. The molecule has 1 saturated heterocycles. The van der Waals surface area contributed by atoms with Crippen LogP contribution in [0.15, 0.2) is 23.1 Å². The molecule has 0 aromatic heterocycles. The topological polar surface area (TPSA) is 116 Å². The van der Waals surface area contributed by atoms with Crippen molar-refractivity contribution in [1.82, 2.24) is 4.31 Å². The summed E-state index contributed by atoms with van der Waals surface area (Å²) in [5.41, 5.74) is 5.55. The van der Waals surface area contributed by atoms with Gasteiger partial charge in [0.2, 0.25) is 10.0 Å². The van der Waals surface area contributed by atoms with E-state index < -0.39 is 25.9 Å². The van der Waals surface area contributed by atoms with Gasteiger partial charge in [0.1, 0.15) is 16.4 Å². The van der Waals surface area contributed by atoms with Gasteiger partial charge in [0.05, 0.1) is 25.7 Å². The molecule has 1 aliphatic rings. The maximum Gasteiger partial charge on any atom is 0.247 e. The predicted octanol–water partition coefficient (Wildman–Crippen LogP) is -0.160. The lowest BCUT2D eigenvalue weighted by Gasteiger charge is -2.27. The van der Waals surface area contributed by atoms with E-state index in [4.69, 9.17) is 15.2 Å². The van der Waals surface area contributed by atoms with Crippen LogP contribution < -0.4 is 15.2 Å². The summed E-state index contributed by atoms with van der Waals surface area (Å²) in [6, 6.07) is 3.82. The van der Waals surface area contributed by atoms with Crippen molar-refractivity contribution in [2.75, 3.05) is 38.8 Å². The molecule has 1 aromatic rings. The lowest BCUT2D eigenvalue weighted by Crippen LogP contribution is -2.43. The fourth-order valence-corrected chi connectivity index (χ4v) is 6.41. The first kappa shape index (κ1) is 19.0. The number of ether oxygens (including phenoxy) is 2. The van der Waals surface area contributed by atoms with Crippen LogP contribution in [0.3, 0.4) is 0 Å². The third kappa shape index (κ3) is 3.82. The Balaban J connectivity index is 2.49. The maximum absolute atomic E-state index is 13.1. The van der Waals surface area contributed by atoms with E-state index in [0.29, 0.717) is 5.75 Å². The lowest BCUT2D eigenvalue weighted by atomic mass is 10.2. The van der Waals surface area contributed by atoms with Gasteiger partial charge < -0.3 is 15.2 Å². The Morgan fingerprint density at radius 1 is 1.29 bits per heavy atom. The molecule has 0 amide bonds. The zero-order chi connectivity index (χ0) is 18.0. The van der Waals surface area contributed by atoms with Crippen LogP contribution >= 0.6 is 0 Å². The molecule has 0 spiro atoms. The molecule has 1 aliphatic heterocycles. The smallest absolute Gasteiger partial charge is 0.247 e. The summed E-state index contributed by atoms with van der Waals surface area (Å²) in [5.74, 6) is 0.307. The Morgan fingerprint density at radius 3 is 2.50 bits per heavy atom. The molecule has 1 fully saturated rings. The number of sulfone groups is 1. The highest BCUT2D eigenvalue weighted by molar-refractivity contribution is 7.92. The first-order chi connectivity index (χ1) is 11.2. The van der Waals surface area contributed by atoms with Gasteiger partial charge in [-0.3, -0.25) is 0 Å². The normalized spacial score (nSPS) is 20.2. The van der Waals surface area contributed by atoms with Crippen LogP contribution in [0.1, 0.15) is 6.42 Å². The average Bonchev–Trinajstić information content (AvgIpc) is 2.91. The monoisotopic (exact) mass is 378 g/mol. The number of rotatable bonds is 7. The van der Waals surface area contributed by atoms with Crippen LogP contribution in [0.25, 0.3) is 0 Å². The maximum atomic E-state index is 13.1. The fraction of sp³-hybridized carbons (Fsp3) is 0.571. The summed E-state index contributed by atoms with van der Waals surface area (Å²) in [6.07, 6.45) is 0.258. The Hall–Kier alpha value is -1.36. The molecule has 0 radical (unpaired) electrons. The summed E-state index contributed by atoms with van der Waals surface area (Å²) >= 11 is 0. The molecule has 0 bridgehead atoms. The largest absolute Gasteiger partial charge is 0.497 e. The van der Waals surface area contributed by atoms with Crippen molar-refractivity contribution in [3.63, 3.8) is 0 Å². The first-order valence-corrected chi connectivity index (χ1v) is 10.7. The SMILES string of the molecule is COc1ccc(OC)c(S(=O)(=O)N(CCN)[C@@H]2CCS(=O)(=O)C2)c1. The Bertz CT molecular complexity index is 791. The van der Waals surface area contributed by atoms with Crippen LogP contribution in [0.5, 0.6) is 11.5 Å². The summed E-state index contributed by atoms with van der Waals surface area (Å²) in [5, 5.41) is 0. The van der Waals surface area contributed by atoms with Gasteiger partial charge in [-0.2, -0.15) is 4.31 Å². The van der Waals surface area contributed by atoms with Gasteiger partial charge in [0.15, 0.2) is 9.84 Å². The van der Waals surface area contributed by atoms with Gasteiger partial charge in [0.25, 0.3) is 0 Å². The number of benzene rings is 1. The van der Waals surface area contributed by atoms with E-state index >= 15 is 0 Å². The molecule has 2 rings (SSSR count). The van der Waals surface area contributed by atoms with E-state index in [2.05, 4.69) is 0 Å². The van der Waals surface area contributed by atoms with Crippen molar-refractivity contribution in [3.8, 4) is 11.5 Å². The number of methoxy groups -OCH3 is 2. The van der Waals surface area contributed by atoms with E-state index in [0.717, 1.165) is 4.31 Å². The number of nitrogens with two attached hydrogens (primary N) is 1. The van der Waals surface area contributed by atoms with Gasteiger partial charge in [-0.25, -0.2) is 16.8 Å². The molecule has 24 heavy (non-hydrogen) atoms. The van der Waals surface area contributed by atoms with Gasteiger partial charge in [-0.15, -0.1) is 0 Å². The molecule has 0 aliphatic carbocycles. The molecular formula is C14H22N2O6S2. The molecule has 10 heteroatoms. The van der Waals surface area contributed by atoms with Crippen molar-refractivity contribution < 1.29 is 26.3 Å². The Kier molecular flexibility index (Phi) is 5.74. The molecule has 136 valence electrons. The van der Waals surface area contributed by atoms with Crippen LogP contribution in [-0.2, 0) is 19.9 Å². The van der Waals surface area contributed by atoms with E-state index in [1.165, 1.54) is 26.4 Å². The second kappa shape index (κ2) is 7.26. The molecule has 1 heterocycles. The molecule has 8 nitrogen and oxygen atoms in total. The van der Waals surface area contributed by atoms with Crippen LogP contribution in [0.2, 0.25) is 0 Å². The summed E-state index contributed by atoms with van der Waals surface area (Å²) < 4.78 is 61.1. The molecule has 1 aromatic carbocycles. The quantitative estimate of drug-likeness (QED) is 0.701. The second-order valence-corrected chi connectivity index (χ2v) is 9.57. The second-order valence-electron chi connectivity index (χ2n) is 5.48. The van der Waals surface area contributed by atoms with Crippen molar-refractivity contribution in [1.29, 1.82) is 0 Å². The fourth-order valence-electron chi connectivity index (χ4n) is 2.74. The number of sulfonamides is 1. The Morgan fingerprint density at radius 2 is 2.00 bits per heavy atom. The third-order valence-corrected chi connectivity index (χ3v) is 7.65. The highest BCUT2D eigenvalue weighted by Gasteiger charge is 2.39. The minimum atomic E-state index is -3.99.